The molecule has 2 amide bonds. The summed E-state index contributed by atoms with van der Waals surface area (Å²) in [6.07, 6.45) is -0.606. The number of imide groups is 1. The molecule has 1 N–H and O–H groups in total. The summed E-state index contributed by atoms with van der Waals surface area (Å²) in [6.45, 7) is 4.97. The van der Waals surface area contributed by atoms with Crippen LogP contribution in [0, 0.1) is 11.8 Å². The SMILES string of the molecule is CCC(O)[C@H](C)C(=O)[C@H](C)C(=O)N1C(=O)OC[C@@H]1Cc1ccccc1. The van der Waals surface area contributed by atoms with E-state index in [2.05, 4.69) is 0 Å². The highest BCUT2D eigenvalue weighted by molar-refractivity contribution is 6.07. The number of hydrogen-bond acceptors (Lipinski definition) is 5. The predicted octanol–water partition coefficient (Wildman–Crippen LogP) is 2.19. The number of carbonyl (C=O) groups excluding carboxylic acids is 3. The fourth-order valence-electron chi connectivity index (χ4n) is 3.03. The second-order valence-corrected chi connectivity index (χ2v) is 6.52. The standard InChI is InChI=1S/C19H25NO5/c1-4-16(21)12(2)17(22)13(3)18(23)20-15(11-25-19(20)24)10-14-8-6-5-7-9-14/h5-9,12-13,15-16,21H,4,10-11H2,1-3H3/t12-,13-,15-,16?/m0/s1. The third-order valence-corrected chi connectivity index (χ3v) is 4.75. The molecule has 1 aromatic rings. The maximum Gasteiger partial charge on any atom is 0.417 e. The zero-order valence-electron chi connectivity index (χ0n) is 14.8. The van der Waals surface area contributed by atoms with Crippen molar-refractivity contribution >= 4 is 17.8 Å². The van der Waals surface area contributed by atoms with Crippen molar-refractivity contribution in [3.05, 3.63) is 35.9 Å². The third kappa shape index (κ3) is 4.25. The van der Waals surface area contributed by atoms with Gasteiger partial charge < -0.3 is 9.84 Å². The number of cyclic esters (lactones) is 1. The molecule has 0 saturated carbocycles. The first-order valence-corrected chi connectivity index (χ1v) is 8.62. The topological polar surface area (TPSA) is 83.9 Å². The Balaban J connectivity index is 2.11. The first-order chi connectivity index (χ1) is 11.9. The van der Waals surface area contributed by atoms with Crippen molar-refractivity contribution in [3.63, 3.8) is 0 Å². The monoisotopic (exact) mass is 347 g/mol. The molecular weight excluding hydrogens is 322 g/mol. The molecule has 4 atom stereocenters. The molecule has 0 bridgehead atoms. The van der Waals surface area contributed by atoms with E-state index in [1.807, 2.05) is 30.3 Å². The molecule has 25 heavy (non-hydrogen) atoms. The van der Waals surface area contributed by atoms with Crippen LogP contribution < -0.4 is 0 Å². The zero-order valence-corrected chi connectivity index (χ0v) is 14.8. The van der Waals surface area contributed by atoms with E-state index >= 15 is 0 Å². The Bertz CT molecular complexity index is 630. The van der Waals surface area contributed by atoms with E-state index in [4.69, 9.17) is 4.74 Å². The van der Waals surface area contributed by atoms with Crippen LogP contribution in [0.4, 0.5) is 4.79 Å². The first-order valence-electron chi connectivity index (χ1n) is 8.62. The molecule has 0 aliphatic carbocycles. The molecular formula is C19H25NO5. The third-order valence-electron chi connectivity index (χ3n) is 4.75. The van der Waals surface area contributed by atoms with Crippen LogP contribution in [-0.2, 0) is 20.7 Å². The maximum absolute atomic E-state index is 12.7. The Labute approximate surface area is 147 Å². The largest absolute Gasteiger partial charge is 0.447 e. The van der Waals surface area contributed by atoms with Crippen LogP contribution in [0.15, 0.2) is 30.3 Å². The molecule has 6 nitrogen and oxygen atoms in total. The fourth-order valence-corrected chi connectivity index (χ4v) is 3.03. The number of nitrogens with zero attached hydrogens (tertiary/aromatic N) is 1. The molecule has 1 heterocycles. The van der Waals surface area contributed by atoms with Gasteiger partial charge in [-0.2, -0.15) is 0 Å². The average molecular weight is 347 g/mol. The number of amides is 2. The molecule has 1 aromatic carbocycles. The van der Waals surface area contributed by atoms with Gasteiger partial charge in [0.05, 0.1) is 18.1 Å². The number of ketones is 1. The Morgan fingerprint density at radius 2 is 1.92 bits per heavy atom. The molecule has 1 unspecified atom stereocenters. The Hall–Kier alpha value is -2.21. The number of aliphatic hydroxyl groups is 1. The normalized spacial score (nSPS) is 20.7. The minimum absolute atomic E-state index is 0.119. The maximum atomic E-state index is 12.7. The summed E-state index contributed by atoms with van der Waals surface area (Å²) in [5, 5.41) is 9.85. The van der Waals surface area contributed by atoms with E-state index in [1.165, 1.54) is 6.92 Å². The van der Waals surface area contributed by atoms with Crippen LogP contribution in [0.5, 0.6) is 0 Å². The molecule has 1 fully saturated rings. The summed E-state index contributed by atoms with van der Waals surface area (Å²) < 4.78 is 5.04. The van der Waals surface area contributed by atoms with Crippen molar-refractivity contribution < 1.29 is 24.2 Å². The van der Waals surface area contributed by atoms with Gasteiger partial charge in [0.2, 0.25) is 5.91 Å². The van der Waals surface area contributed by atoms with Crippen LogP contribution in [0.25, 0.3) is 0 Å². The van der Waals surface area contributed by atoms with Gasteiger partial charge in [-0.3, -0.25) is 9.59 Å². The summed E-state index contributed by atoms with van der Waals surface area (Å²) in [6, 6.07) is 9.07. The number of carbonyl (C=O) groups is 3. The number of rotatable bonds is 7. The summed E-state index contributed by atoms with van der Waals surface area (Å²) in [5.41, 5.74) is 0.984. The molecule has 6 heteroatoms. The van der Waals surface area contributed by atoms with E-state index in [1.54, 1.807) is 13.8 Å². The predicted molar refractivity (Wildman–Crippen MR) is 91.8 cm³/mol. The van der Waals surface area contributed by atoms with E-state index < -0.39 is 36.0 Å². The van der Waals surface area contributed by atoms with Crippen LogP contribution in [0.1, 0.15) is 32.8 Å². The van der Waals surface area contributed by atoms with Gasteiger partial charge >= 0.3 is 6.09 Å². The van der Waals surface area contributed by atoms with E-state index in [0.29, 0.717) is 12.8 Å². The van der Waals surface area contributed by atoms with Gasteiger partial charge in [-0.05, 0) is 25.3 Å². The second kappa shape index (κ2) is 8.25. The van der Waals surface area contributed by atoms with Gasteiger partial charge in [-0.1, -0.05) is 44.2 Å². The minimum atomic E-state index is -1.000. The molecule has 0 spiro atoms. The smallest absolute Gasteiger partial charge is 0.417 e. The summed E-state index contributed by atoms with van der Waals surface area (Å²) in [7, 11) is 0. The van der Waals surface area contributed by atoms with Crippen molar-refractivity contribution in [2.24, 2.45) is 11.8 Å². The Morgan fingerprint density at radius 3 is 2.52 bits per heavy atom. The molecule has 0 radical (unpaired) electrons. The lowest BCUT2D eigenvalue weighted by Crippen LogP contribution is -2.46. The Kier molecular flexibility index (Phi) is 6.31. The lowest BCUT2D eigenvalue weighted by molar-refractivity contribution is -0.141. The van der Waals surface area contributed by atoms with Gasteiger partial charge in [0.1, 0.15) is 12.4 Å². The van der Waals surface area contributed by atoms with Crippen LogP contribution >= 0.6 is 0 Å². The first kappa shape index (κ1) is 19.1. The highest BCUT2D eigenvalue weighted by Gasteiger charge is 2.42. The molecule has 1 aliphatic heterocycles. The number of ether oxygens (including phenoxy) is 1. The van der Waals surface area contributed by atoms with Gasteiger partial charge in [0.15, 0.2) is 0 Å². The van der Waals surface area contributed by atoms with E-state index in [9.17, 15) is 19.5 Å². The van der Waals surface area contributed by atoms with Gasteiger partial charge in [-0.15, -0.1) is 0 Å². The summed E-state index contributed by atoms with van der Waals surface area (Å²) in [5.74, 6) is -2.59. The van der Waals surface area contributed by atoms with Crippen molar-refractivity contribution in [2.75, 3.05) is 6.61 Å². The van der Waals surface area contributed by atoms with Crippen molar-refractivity contribution in [1.29, 1.82) is 0 Å². The average Bonchev–Trinajstić information content (AvgIpc) is 2.99. The fraction of sp³-hybridized carbons (Fsp3) is 0.526. The lowest BCUT2D eigenvalue weighted by atomic mass is 9.89. The van der Waals surface area contributed by atoms with Gasteiger partial charge in [0, 0.05) is 5.92 Å². The van der Waals surface area contributed by atoms with Crippen LogP contribution in [-0.4, -0.2) is 46.5 Å². The molecule has 2 rings (SSSR count). The zero-order chi connectivity index (χ0) is 18.6. The molecule has 0 aromatic heterocycles. The van der Waals surface area contributed by atoms with E-state index in [-0.39, 0.29) is 12.4 Å². The van der Waals surface area contributed by atoms with E-state index in [0.717, 1.165) is 10.5 Å². The van der Waals surface area contributed by atoms with Crippen LogP contribution in [0.3, 0.4) is 0 Å². The van der Waals surface area contributed by atoms with Gasteiger partial charge in [-0.25, -0.2) is 9.69 Å². The minimum Gasteiger partial charge on any atom is -0.447 e. The molecule has 1 aliphatic rings. The summed E-state index contributed by atoms with van der Waals surface area (Å²) in [4.78, 5) is 38.3. The Morgan fingerprint density at radius 1 is 1.28 bits per heavy atom. The second-order valence-electron chi connectivity index (χ2n) is 6.52. The highest BCUT2D eigenvalue weighted by Crippen LogP contribution is 2.22. The lowest BCUT2D eigenvalue weighted by Gasteiger charge is -2.25. The van der Waals surface area contributed by atoms with Crippen LogP contribution in [0.2, 0.25) is 0 Å². The highest BCUT2D eigenvalue weighted by atomic mass is 16.6. The number of Topliss-reactive ketones (excluding diaryl/α,β-unsaturated/α-hetero) is 1. The number of hydrogen-bond donors (Lipinski definition) is 1. The molecule has 1 saturated heterocycles. The summed E-state index contributed by atoms with van der Waals surface area (Å²) >= 11 is 0. The molecule has 136 valence electrons. The van der Waals surface area contributed by atoms with Crippen molar-refractivity contribution in [1.82, 2.24) is 4.90 Å². The quantitative estimate of drug-likeness (QED) is 0.765. The number of aliphatic hydroxyl groups excluding tert-OH is 1. The van der Waals surface area contributed by atoms with Crippen molar-refractivity contribution in [3.8, 4) is 0 Å². The number of benzene rings is 1. The van der Waals surface area contributed by atoms with Gasteiger partial charge in [0.25, 0.3) is 0 Å². The van der Waals surface area contributed by atoms with Crippen molar-refractivity contribution in [2.45, 2.75) is 45.8 Å².